The van der Waals surface area contributed by atoms with Gasteiger partial charge in [-0.25, -0.2) is 0 Å². The van der Waals surface area contributed by atoms with Gasteiger partial charge in [-0.15, -0.1) is 5.10 Å². The monoisotopic (exact) mass is 491 g/mol. The van der Waals surface area contributed by atoms with Crippen LogP contribution >= 0.6 is 11.8 Å². The predicted molar refractivity (Wildman–Crippen MR) is 136 cm³/mol. The van der Waals surface area contributed by atoms with Crippen LogP contribution in [-0.4, -0.2) is 65.4 Å². The smallest absolute Gasteiger partial charge is 0.283 e. The average Bonchev–Trinajstić information content (AvgIpc) is 3.56. The summed E-state index contributed by atoms with van der Waals surface area (Å²) in [6, 6.07) is 14.7. The fourth-order valence-electron chi connectivity index (χ4n) is 3.86. The molecule has 3 aliphatic rings. The molecule has 0 atom stereocenters. The van der Waals surface area contributed by atoms with Crippen LogP contribution in [0.1, 0.15) is 18.4 Å². The number of hydrogen-bond acceptors (Lipinski definition) is 8. The number of rotatable bonds is 7. The van der Waals surface area contributed by atoms with Crippen molar-refractivity contribution < 1.29 is 19.0 Å². The minimum Gasteiger partial charge on any atom is -0.497 e. The summed E-state index contributed by atoms with van der Waals surface area (Å²) >= 11 is 1.35. The first kappa shape index (κ1) is 23.0. The van der Waals surface area contributed by atoms with Crippen molar-refractivity contribution in [2.75, 3.05) is 33.4 Å². The first-order valence-corrected chi connectivity index (χ1v) is 12.2. The van der Waals surface area contributed by atoms with Crippen LogP contribution < -0.4 is 14.2 Å². The normalized spacial score (nSPS) is 18.5. The Morgan fingerprint density at radius 1 is 1.00 bits per heavy atom. The van der Waals surface area contributed by atoms with Crippen LogP contribution in [0.25, 0.3) is 6.08 Å². The molecule has 0 aliphatic carbocycles. The first-order valence-electron chi connectivity index (χ1n) is 11.4. The number of carbonyl (C=O) groups is 1. The topological polar surface area (TPSA) is 99.8 Å². The molecule has 3 aliphatic heterocycles. The van der Waals surface area contributed by atoms with E-state index in [-0.39, 0.29) is 11.4 Å². The number of carbonyl (C=O) groups excluding carboxylic acids is 1. The zero-order valence-corrected chi connectivity index (χ0v) is 20.1. The molecule has 9 nitrogen and oxygen atoms in total. The maximum atomic E-state index is 12.6. The van der Waals surface area contributed by atoms with Gasteiger partial charge >= 0.3 is 0 Å². The Morgan fingerprint density at radius 3 is 2.46 bits per heavy atom. The van der Waals surface area contributed by atoms with Crippen molar-refractivity contribution in [1.29, 1.82) is 5.41 Å². The predicted octanol–water partition coefficient (Wildman–Crippen LogP) is 3.83. The van der Waals surface area contributed by atoms with Crippen LogP contribution in [0.15, 0.2) is 64.2 Å². The Morgan fingerprint density at radius 2 is 1.71 bits per heavy atom. The SMILES string of the molecule is COc1cccc(OCCOc2ccc(/C=C3/C(=N)N4N=C(N5CCCC5)SC4=NC3=O)cc2)c1. The van der Waals surface area contributed by atoms with Crippen LogP contribution in [0, 0.1) is 5.41 Å². The lowest BCUT2D eigenvalue weighted by atomic mass is 10.1. The van der Waals surface area contributed by atoms with Crippen molar-refractivity contribution in [2.45, 2.75) is 12.8 Å². The van der Waals surface area contributed by atoms with E-state index < -0.39 is 5.91 Å². The fraction of sp³-hybridized carbons (Fsp3) is 0.280. The number of nitrogens with one attached hydrogen (secondary N) is 1. The van der Waals surface area contributed by atoms with Gasteiger partial charge in [0.2, 0.25) is 5.17 Å². The lowest BCUT2D eigenvalue weighted by molar-refractivity contribution is -0.114. The van der Waals surface area contributed by atoms with E-state index in [1.165, 1.54) is 16.8 Å². The third-order valence-corrected chi connectivity index (χ3v) is 6.64. The molecule has 1 amide bonds. The lowest BCUT2D eigenvalue weighted by Crippen LogP contribution is -2.35. The molecule has 35 heavy (non-hydrogen) atoms. The molecular weight excluding hydrogens is 466 g/mol. The van der Waals surface area contributed by atoms with Gasteiger partial charge in [-0.3, -0.25) is 10.2 Å². The van der Waals surface area contributed by atoms with Crippen LogP contribution in [-0.2, 0) is 4.79 Å². The third kappa shape index (κ3) is 5.17. The Hall–Kier alpha value is -3.79. The molecular formula is C25H25N5O4S. The van der Waals surface area contributed by atoms with Crippen molar-refractivity contribution in [2.24, 2.45) is 10.1 Å². The van der Waals surface area contributed by atoms with Crippen molar-refractivity contribution >= 4 is 39.9 Å². The standard InChI is InChI=1S/C25H25N5O4S/c1-32-19-5-4-6-20(16-19)34-14-13-33-18-9-7-17(8-10-18)15-21-22(26)30-24(27-23(21)31)35-25(28-30)29-11-2-3-12-29/h4-10,15-16,26H,2-3,11-14H2,1H3/b21-15-,26-22?. The van der Waals surface area contributed by atoms with E-state index in [0.717, 1.165) is 42.4 Å². The summed E-state index contributed by atoms with van der Waals surface area (Å²) in [6.45, 7) is 2.65. The largest absolute Gasteiger partial charge is 0.497 e. The molecule has 0 saturated carbocycles. The number of ether oxygens (including phenoxy) is 3. The molecule has 2 aromatic rings. The average molecular weight is 492 g/mol. The fourth-order valence-corrected chi connectivity index (χ4v) is 4.80. The number of thioether (sulfide) groups is 1. The van der Waals surface area contributed by atoms with Gasteiger partial charge in [0.1, 0.15) is 30.5 Å². The summed E-state index contributed by atoms with van der Waals surface area (Å²) < 4.78 is 16.6. The van der Waals surface area contributed by atoms with Gasteiger partial charge in [-0.2, -0.15) is 10.0 Å². The number of amidine groups is 3. The highest BCUT2D eigenvalue weighted by Crippen LogP contribution is 2.31. The molecule has 1 saturated heterocycles. The second-order valence-electron chi connectivity index (χ2n) is 8.04. The molecule has 2 aromatic carbocycles. The lowest BCUT2D eigenvalue weighted by Gasteiger charge is -2.20. The molecule has 0 unspecified atom stereocenters. The molecule has 0 aromatic heterocycles. The molecule has 1 N–H and O–H groups in total. The van der Waals surface area contributed by atoms with Crippen molar-refractivity contribution in [3.05, 3.63) is 59.7 Å². The van der Waals surface area contributed by atoms with Crippen molar-refractivity contribution in [1.82, 2.24) is 9.91 Å². The van der Waals surface area contributed by atoms with E-state index in [2.05, 4.69) is 15.0 Å². The number of aliphatic imine (C=N–C) groups is 1. The van der Waals surface area contributed by atoms with Gasteiger partial charge in [-0.05, 0) is 60.5 Å². The number of likely N-dealkylation sites (tertiary alicyclic amines) is 1. The summed E-state index contributed by atoms with van der Waals surface area (Å²) in [5.74, 6) is 1.75. The minimum atomic E-state index is -0.429. The van der Waals surface area contributed by atoms with Crippen molar-refractivity contribution in [3.8, 4) is 17.2 Å². The van der Waals surface area contributed by atoms with E-state index in [0.29, 0.717) is 29.9 Å². The number of hydrogen-bond donors (Lipinski definition) is 1. The van der Waals surface area contributed by atoms with E-state index in [1.807, 2.05) is 48.5 Å². The maximum absolute atomic E-state index is 12.6. The van der Waals surface area contributed by atoms with Crippen molar-refractivity contribution in [3.63, 3.8) is 0 Å². The highest BCUT2D eigenvalue weighted by atomic mass is 32.2. The zero-order chi connectivity index (χ0) is 24.2. The third-order valence-electron chi connectivity index (χ3n) is 5.67. The van der Waals surface area contributed by atoms with Gasteiger partial charge in [0.15, 0.2) is 11.0 Å². The van der Waals surface area contributed by atoms with E-state index in [9.17, 15) is 4.79 Å². The zero-order valence-electron chi connectivity index (χ0n) is 19.3. The highest BCUT2D eigenvalue weighted by Gasteiger charge is 2.37. The molecule has 0 bridgehead atoms. The quantitative estimate of drug-likeness (QED) is 0.464. The Labute approximate surface area is 207 Å². The second-order valence-corrected chi connectivity index (χ2v) is 8.98. The van der Waals surface area contributed by atoms with Gasteiger partial charge in [-0.1, -0.05) is 18.2 Å². The van der Waals surface area contributed by atoms with Crippen LogP contribution in [0.3, 0.4) is 0 Å². The van der Waals surface area contributed by atoms with Crippen LogP contribution in [0.5, 0.6) is 17.2 Å². The van der Waals surface area contributed by atoms with E-state index in [4.69, 9.17) is 19.6 Å². The van der Waals surface area contributed by atoms with Crippen LogP contribution in [0.4, 0.5) is 0 Å². The molecule has 10 heteroatoms. The summed E-state index contributed by atoms with van der Waals surface area (Å²) in [5, 5.41) is 15.8. The number of amides is 1. The summed E-state index contributed by atoms with van der Waals surface area (Å²) in [5.41, 5.74) is 0.980. The highest BCUT2D eigenvalue weighted by molar-refractivity contribution is 8.26. The first-order chi connectivity index (χ1) is 17.1. The number of nitrogens with zero attached hydrogens (tertiary/aromatic N) is 4. The van der Waals surface area contributed by atoms with E-state index >= 15 is 0 Å². The number of hydrazone groups is 1. The maximum Gasteiger partial charge on any atom is 0.283 e. The Balaban J connectivity index is 1.18. The van der Waals surface area contributed by atoms with Gasteiger partial charge < -0.3 is 19.1 Å². The molecule has 1 fully saturated rings. The second kappa shape index (κ2) is 10.2. The van der Waals surface area contributed by atoms with E-state index in [1.54, 1.807) is 13.2 Å². The van der Waals surface area contributed by atoms with Crippen LogP contribution in [0.2, 0.25) is 0 Å². The Kier molecular flexibility index (Phi) is 6.71. The molecule has 0 radical (unpaired) electrons. The summed E-state index contributed by atoms with van der Waals surface area (Å²) in [6.07, 6.45) is 3.92. The number of fused-ring (bicyclic) bond motifs is 1. The van der Waals surface area contributed by atoms with Gasteiger partial charge in [0.05, 0.1) is 12.7 Å². The molecule has 0 spiro atoms. The summed E-state index contributed by atoms with van der Waals surface area (Å²) in [7, 11) is 1.62. The molecule has 3 heterocycles. The number of methoxy groups -OCH3 is 1. The number of benzene rings is 2. The molecule has 5 rings (SSSR count). The Bertz CT molecular complexity index is 1220. The van der Waals surface area contributed by atoms with Gasteiger partial charge in [0, 0.05) is 19.2 Å². The molecule has 180 valence electrons. The minimum absolute atomic E-state index is 0.0386. The van der Waals surface area contributed by atoms with Gasteiger partial charge in [0.25, 0.3) is 5.91 Å². The summed E-state index contributed by atoms with van der Waals surface area (Å²) in [4.78, 5) is 19.0.